The van der Waals surface area contributed by atoms with Crippen LogP contribution in [0.5, 0.6) is 0 Å². The number of nitrogens with zero attached hydrogens (tertiary/aromatic N) is 3. The summed E-state index contributed by atoms with van der Waals surface area (Å²) in [4.78, 5) is 29.9. The molecule has 1 aromatic carbocycles. The van der Waals surface area contributed by atoms with Gasteiger partial charge in [0.15, 0.2) is 11.0 Å². The van der Waals surface area contributed by atoms with Gasteiger partial charge in [0, 0.05) is 6.07 Å². The third kappa shape index (κ3) is 3.71. The van der Waals surface area contributed by atoms with Crippen LogP contribution in [-0.4, -0.2) is 26.4 Å². The van der Waals surface area contributed by atoms with Gasteiger partial charge in [-0.25, -0.2) is 4.98 Å². The second-order valence-electron chi connectivity index (χ2n) is 6.17. The first kappa shape index (κ1) is 18.5. The summed E-state index contributed by atoms with van der Waals surface area (Å²) in [6.45, 7) is 3.71. The highest BCUT2D eigenvalue weighted by atomic mass is 32.2. The maximum atomic E-state index is 13.1. The van der Waals surface area contributed by atoms with Crippen molar-refractivity contribution >= 4 is 45.0 Å². The van der Waals surface area contributed by atoms with Crippen LogP contribution in [-0.2, 0) is 4.79 Å². The molecule has 0 fully saturated rings. The fourth-order valence-corrected chi connectivity index (χ4v) is 4.29. The number of benzene rings is 1. The number of hydrogen-bond donors (Lipinski definition) is 1. The lowest BCUT2D eigenvalue weighted by Crippen LogP contribution is -2.22. The Kier molecular flexibility index (Phi) is 5.01. The van der Waals surface area contributed by atoms with Gasteiger partial charge in [0.05, 0.1) is 17.0 Å². The molecule has 0 saturated carbocycles. The molecule has 0 atom stereocenters. The summed E-state index contributed by atoms with van der Waals surface area (Å²) >= 11 is 2.56. The normalized spacial score (nSPS) is 11.1. The van der Waals surface area contributed by atoms with Gasteiger partial charge in [0.1, 0.15) is 10.5 Å². The minimum Gasteiger partial charge on any atom is -0.360 e. The Morgan fingerprint density at radius 3 is 2.89 bits per heavy atom. The zero-order valence-electron chi connectivity index (χ0n) is 15.1. The SMILES string of the molecule is Cc1cccc(-n2c(SCC(=O)Nc3cc(C)on3)nc3ccsc3c2=O)c1. The van der Waals surface area contributed by atoms with E-state index in [2.05, 4.69) is 15.5 Å². The van der Waals surface area contributed by atoms with Crippen molar-refractivity contribution in [2.75, 3.05) is 11.1 Å². The van der Waals surface area contributed by atoms with E-state index in [9.17, 15) is 9.59 Å². The number of anilines is 1. The second-order valence-corrected chi connectivity index (χ2v) is 8.03. The zero-order valence-corrected chi connectivity index (χ0v) is 16.8. The lowest BCUT2D eigenvalue weighted by molar-refractivity contribution is -0.113. The first-order valence-corrected chi connectivity index (χ1v) is 10.3. The molecule has 9 heteroatoms. The lowest BCUT2D eigenvalue weighted by Gasteiger charge is -2.12. The molecule has 0 saturated heterocycles. The summed E-state index contributed by atoms with van der Waals surface area (Å²) in [6.07, 6.45) is 0. The van der Waals surface area contributed by atoms with Crippen LogP contribution in [0.25, 0.3) is 15.9 Å². The monoisotopic (exact) mass is 412 g/mol. The Morgan fingerprint density at radius 1 is 1.29 bits per heavy atom. The molecule has 3 aromatic heterocycles. The van der Waals surface area contributed by atoms with Crippen LogP contribution < -0.4 is 10.9 Å². The van der Waals surface area contributed by atoms with Gasteiger partial charge in [0.25, 0.3) is 5.56 Å². The molecule has 0 radical (unpaired) electrons. The number of nitrogens with one attached hydrogen (secondary N) is 1. The summed E-state index contributed by atoms with van der Waals surface area (Å²) in [6, 6.07) is 11.1. The van der Waals surface area contributed by atoms with Gasteiger partial charge in [0.2, 0.25) is 5.91 Å². The molecule has 0 aliphatic carbocycles. The van der Waals surface area contributed by atoms with Crippen molar-refractivity contribution in [3.8, 4) is 5.69 Å². The van der Waals surface area contributed by atoms with Gasteiger partial charge < -0.3 is 9.84 Å². The number of aryl methyl sites for hydroxylation is 2. The van der Waals surface area contributed by atoms with Gasteiger partial charge in [-0.05, 0) is 43.0 Å². The van der Waals surface area contributed by atoms with E-state index >= 15 is 0 Å². The van der Waals surface area contributed by atoms with Crippen LogP contribution in [0.3, 0.4) is 0 Å². The Bertz CT molecular complexity index is 1230. The summed E-state index contributed by atoms with van der Waals surface area (Å²) in [5.74, 6) is 0.801. The largest absolute Gasteiger partial charge is 0.360 e. The second kappa shape index (κ2) is 7.61. The molecule has 142 valence electrons. The number of hydrogen-bond acceptors (Lipinski definition) is 7. The van der Waals surface area contributed by atoms with E-state index in [1.165, 1.54) is 23.1 Å². The highest BCUT2D eigenvalue weighted by molar-refractivity contribution is 7.99. The molecule has 4 rings (SSSR count). The molecule has 1 amide bonds. The molecule has 0 unspecified atom stereocenters. The van der Waals surface area contributed by atoms with Crippen LogP contribution in [0.2, 0.25) is 0 Å². The lowest BCUT2D eigenvalue weighted by atomic mass is 10.2. The number of fused-ring (bicyclic) bond motifs is 1. The molecule has 3 heterocycles. The van der Waals surface area contributed by atoms with E-state index < -0.39 is 0 Å². The zero-order chi connectivity index (χ0) is 19.7. The standard InChI is InChI=1S/C19H16N4O3S2/c1-11-4-3-5-13(8-11)23-18(25)17-14(6-7-27-17)20-19(23)28-10-16(24)21-15-9-12(2)26-22-15/h3-9H,10H2,1-2H3,(H,21,22,24). The Balaban J connectivity index is 1.66. The third-order valence-corrected chi connectivity index (χ3v) is 5.77. The van der Waals surface area contributed by atoms with Crippen LogP contribution in [0.15, 0.2) is 56.3 Å². The van der Waals surface area contributed by atoms with E-state index in [0.717, 1.165) is 11.3 Å². The van der Waals surface area contributed by atoms with Gasteiger partial charge >= 0.3 is 0 Å². The van der Waals surface area contributed by atoms with Crippen LogP contribution >= 0.6 is 23.1 Å². The minimum atomic E-state index is -0.256. The van der Waals surface area contributed by atoms with Crippen molar-refractivity contribution in [1.29, 1.82) is 0 Å². The van der Waals surface area contributed by atoms with Gasteiger partial charge in [-0.3, -0.25) is 14.2 Å². The molecule has 0 spiro atoms. The number of amides is 1. The van der Waals surface area contributed by atoms with Crippen LogP contribution in [0, 0.1) is 13.8 Å². The smallest absolute Gasteiger partial charge is 0.276 e. The molecular weight excluding hydrogens is 396 g/mol. The Labute approximate surface area is 168 Å². The topological polar surface area (TPSA) is 90.0 Å². The fraction of sp³-hybridized carbons (Fsp3) is 0.158. The molecule has 0 bridgehead atoms. The molecule has 4 aromatic rings. The van der Waals surface area contributed by atoms with E-state index in [1.807, 2.05) is 42.6 Å². The van der Waals surface area contributed by atoms with Crippen molar-refractivity contribution < 1.29 is 9.32 Å². The highest BCUT2D eigenvalue weighted by Crippen LogP contribution is 2.24. The first-order valence-electron chi connectivity index (χ1n) is 8.44. The van der Waals surface area contributed by atoms with E-state index in [-0.39, 0.29) is 17.2 Å². The minimum absolute atomic E-state index is 0.0831. The maximum absolute atomic E-state index is 13.1. The van der Waals surface area contributed by atoms with Gasteiger partial charge in [-0.2, -0.15) is 0 Å². The van der Waals surface area contributed by atoms with Crippen LogP contribution in [0.4, 0.5) is 5.82 Å². The summed E-state index contributed by atoms with van der Waals surface area (Å²) in [5, 5.41) is 8.73. The molecule has 7 nitrogen and oxygen atoms in total. The molecule has 28 heavy (non-hydrogen) atoms. The quantitative estimate of drug-likeness (QED) is 0.396. The maximum Gasteiger partial charge on any atom is 0.276 e. The Hall–Kier alpha value is -2.91. The first-order chi connectivity index (χ1) is 13.5. The van der Waals surface area contributed by atoms with E-state index in [4.69, 9.17) is 4.52 Å². The molecule has 1 N–H and O–H groups in total. The summed E-state index contributed by atoms with van der Waals surface area (Å²) in [5.41, 5.74) is 2.25. The number of carbonyl (C=O) groups is 1. The molecule has 0 aliphatic heterocycles. The number of carbonyl (C=O) groups excluding carboxylic acids is 1. The van der Waals surface area contributed by atoms with Crippen LogP contribution in [0.1, 0.15) is 11.3 Å². The van der Waals surface area contributed by atoms with E-state index in [1.54, 1.807) is 17.6 Å². The number of rotatable bonds is 5. The van der Waals surface area contributed by atoms with Crippen molar-refractivity contribution in [3.05, 3.63) is 63.5 Å². The number of thioether (sulfide) groups is 1. The third-order valence-electron chi connectivity index (χ3n) is 3.94. The van der Waals surface area contributed by atoms with Crippen molar-refractivity contribution in [2.45, 2.75) is 19.0 Å². The fourth-order valence-electron chi connectivity index (χ4n) is 2.72. The number of aromatic nitrogens is 3. The Morgan fingerprint density at radius 2 is 2.14 bits per heavy atom. The highest BCUT2D eigenvalue weighted by Gasteiger charge is 2.16. The molecular formula is C19H16N4O3S2. The van der Waals surface area contributed by atoms with E-state index in [0.29, 0.717) is 27.0 Å². The average molecular weight is 412 g/mol. The predicted octanol–water partition coefficient (Wildman–Crippen LogP) is 3.78. The van der Waals surface area contributed by atoms with Crippen molar-refractivity contribution in [1.82, 2.24) is 14.7 Å². The summed E-state index contributed by atoms with van der Waals surface area (Å²) < 4.78 is 7.09. The average Bonchev–Trinajstić information content (AvgIpc) is 3.29. The van der Waals surface area contributed by atoms with Gasteiger partial charge in [-0.1, -0.05) is 29.1 Å². The molecule has 0 aliphatic rings. The van der Waals surface area contributed by atoms with Crippen molar-refractivity contribution in [3.63, 3.8) is 0 Å². The van der Waals surface area contributed by atoms with Gasteiger partial charge in [-0.15, -0.1) is 11.3 Å². The predicted molar refractivity (Wildman–Crippen MR) is 111 cm³/mol. The number of thiophene rings is 1. The summed E-state index contributed by atoms with van der Waals surface area (Å²) in [7, 11) is 0. The van der Waals surface area contributed by atoms with Crippen molar-refractivity contribution in [2.24, 2.45) is 0 Å².